The first-order chi connectivity index (χ1) is 11.8. The molecule has 0 aliphatic heterocycles. The van der Waals surface area contributed by atoms with Crippen molar-refractivity contribution in [2.45, 2.75) is 41.5 Å². The monoisotopic (exact) mass is 339 g/mol. The molecule has 134 valence electrons. The lowest BCUT2D eigenvalue weighted by Gasteiger charge is -2.08. The molecule has 25 heavy (non-hydrogen) atoms. The van der Waals surface area contributed by atoms with E-state index in [1.165, 1.54) is 16.7 Å². The minimum Gasteiger partial charge on any atom is -0.327 e. The van der Waals surface area contributed by atoms with Gasteiger partial charge >= 0.3 is 0 Å². The van der Waals surface area contributed by atoms with Gasteiger partial charge in [0.1, 0.15) is 5.82 Å². The molecular weight excluding hydrogens is 309 g/mol. The summed E-state index contributed by atoms with van der Waals surface area (Å²) in [6.07, 6.45) is 10.0. The number of benzene rings is 1. The molecule has 0 bridgehead atoms. The third-order valence-electron chi connectivity index (χ3n) is 4.43. The van der Waals surface area contributed by atoms with Crippen LogP contribution in [0.2, 0.25) is 0 Å². The zero-order valence-corrected chi connectivity index (χ0v) is 16.3. The van der Waals surface area contributed by atoms with Crippen LogP contribution in [0.1, 0.15) is 45.7 Å². The Bertz CT molecular complexity index is 758. The van der Waals surface area contributed by atoms with Gasteiger partial charge in [0.25, 0.3) is 0 Å². The van der Waals surface area contributed by atoms with Crippen molar-refractivity contribution in [2.24, 2.45) is 5.73 Å². The quantitative estimate of drug-likeness (QED) is 0.606. The van der Waals surface area contributed by atoms with E-state index in [0.29, 0.717) is 17.7 Å². The van der Waals surface area contributed by atoms with Crippen molar-refractivity contribution in [1.82, 2.24) is 0 Å². The number of rotatable bonds is 6. The van der Waals surface area contributed by atoms with E-state index in [-0.39, 0.29) is 5.82 Å². The van der Waals surface area contributed by atoms with Crippen molar-refractivity contribution in [3.05, 3.63) is 87.3 Å². The summed E-state index contributed by atoms with van der Waals surface area (Å²) in [5.74, 6) is -0.177. The second kappa shape index (κ2) is 9.95. The number of halogens is 1. The average molecular weight is 339 g/mol. The number of hydrogen-bond donors (Lipinski definition) is 1. The molecule has 0 fully saturated rings. The zero-order valence-electron chi connectivity index (χ0n) is 16.3. The van der Waals surface area contributed by atoms with Gasteiger partial charge in [0, 0.05) is 12.1 Å². The van der Waals surface area contributed by atoms with E-state index >= 15 is 0 Å². The van der Waals surface area contributed by atoms with E-state index in [9.17, 15) is 4.39 Å². The van der Waals surface area contributed by atoms with Crippen LogP contribution in [-0.2, 0) is 0 Å². The van der Waals surface area contributed by atoms with Crippen molar-refractivity contribution in [1.29, 1.82) is 0 Å². The fraction of sp³-hybridized carbons (Fsp3) is 0.304. The molecule has 0 aliphatic rings. The van der Waals surface area contributed by atoms with Gasteiger partial charge in [-0.3, -0.25) is 0 Å². The van der Waals surface area contributed by atoms with Crippen molar-refractivity contribution in [3.63, 3.8) is 0 Å². The highest BCUT2D eigenvalue weighted by Gasteiger charge is 2.03. The molecule has 1 aromatic carbocycles. The lowest BCUT2D eigenvalue weighted by molar-refractivity contribution is 0.616. The summed E-state index contributed by atoms with van der Waals surface area (Å²) in [6.45, 7) is 12.6. The first-order valence-corrected chi connectivity index (χ1v) is 8.63. The van der Waals surface area contributed by atoms with Crippen LogP contribution in [0.3, 0.4) is 0 Å². The highest BCUT2D eigenvalue weighted by Crippen LogP contribution is 2.20. The van der Waals surface area contributed by atoms with E-state index in [4.69, 9.17) is 5.73 Å². The summed E-state index contributed by atoms with van der Waals surface area (Å²) in [7, 11) is 0. The largest absolute Gasteiger partial charge is 0.327 e. The SMILES string of the molecule is C\C=C/C(C)=C(C)\C(C)=C\C(\C=C\c1cccc(C)c1F)=C(/C)CN. The van der Waals surface area contributed by atoms with E-state index in [1.807, 2.05) is 38.1 Å². The highest BCUT2D eigenvalue weighted by atomic mass is 19.1. The molecule has 0 heterocycles. The summed E-state index contributed by atoms with van der Waals surface area (Å²) >= 11 is 0. The first-order valence-electron chi connectivity index (χ1n) is 8.63. The van der Waals surface area contributed by atoms with Crippen LogP contribution in [0.5, 0.6) is 0 Å². The molecule has 2 heteroatoms. The molecule has 0 spiro atoms. The molecular formula is C23H30FN. The van der Waals surface area contributed by atoms with Crippen LogP contribution in [0.4, 0.5) is 4.39 Å². The van der Waals surface area contributed by atoms with Gasteiger partial charge in [-0.15, -0.1) is 0 Å². The van der Waals surface area contributed by atoms with Crippen LogP contribution in [0.15, 0.2) is 70.4 Å². The minimum absolute atomic E-state index is 0.177. The Morgan fingerprint density at radius 3 is 2.40 bits per heavy atom. The van der Waals surface area contributed by atoms with E-state index in [2.05, 4.69) is 32.9 Å². The molecule has 0 saturated carbocycles. The molecule has 1 rings (SSSR count). The molecule has 0 radical (unpaired) electrons. The third-order valence-corrected chi connectivity index (χ3v) is 4.43. The first kappa shape index (κ1) is 20.9. The van der Waals surface area contributed by atoms with Gasteiger partial charge in [-0.1, -0.05) is 54.2 Å². The minimum atomic E-state index is -0.177. The van der Waals surface area contributed by atoms with Crippen LogP contribution >= 0.6 is 0 Å². The summed E-state index contributed by atoms with van der Waals surface area (Å²) < 4.78 is 14.2. The molecule has 1 aromatic rings. The normalized spacial score (nSPS) is 15.0. The van der Waals surface area contributed by atoms with Gasteiger partial charge in [0.2, 0.25) is 0 Å². The number of hydrogen-bond acceptors (Lipinski definition) is 1. The Morgan fingerprint density at radius 2 is 1.80 bits per heavy atom. The van der Waals surface area contributed by atoms with Gasteiger partial charge in [-0.2, -0.15) is 0 Å². The summed E-state index contributed by atoms with van der Waals surface area (Å²) in [4.78, 5) is 0. The molecule has 0 amide bonds. The standard InChI is InChI=1S/C23H30FN/c1-7-9-16(2)20(6)18(4)14-22(19(5)15-25)13-12-21-11-8-10-17(3)23(21)24/h7-14H,15,25H2,1-6H3/b9-7-,13-12+,18-14+,20-16-,22-19+. The Labute approximate surface area is 152 Å². The Kier molecular flexibility index (Phi) is 8.30. The maximum atomic E-state index is 14.2. The van der Waals surface area contributed by atoms with Crippen LogP contribution in [0, 0.1) is 12.7 Å². The van der Waals surface area contributed by atoms with Gasteiger partial charge in [0.05, 0.1) is 0 Å². The third kappa shape index (κ3) is 5.99. The van der Waals surface area contributed by atoms with Gasteiger partial charge in [-0.05, 0) is 69.4 Å². The highest BCUT2D eigenvalue weighted by molar-refractivity contribution is 5.58. The lowest BCUT2D eigenvalue weighted by Crippen LogP contribution is -2.02. The summed E-state index contributed by atoms with van der Waals surface area (Å²) in [6, 6.07) is 5.43. The smallest absolute Gasteiger partial charge is 0.133 e. The Morgan fingerprint density at radius 1 is 1.12 bits per heavy atom. The van der Waals surface area contributed by atoms with Crippen molar-refractivity contribution in [2.75, 3.05) is 6.54 Å². The van der Waals surface area contributed by atoms with E-state index in [1.54, 1.807) is 19.1 Å². The second-order valence-corrected chi connectivity index (χ2v) is 6.39. The molecule has 0 aliphatic carbocycles. The van der Waals surface area contributed by atoms with Gasteiger partial charge < -0.3 is 5.73 Å². The Hall–Kier alpha value is -2.19. The van der Waals surface area contributed by atoms with Crippen molar-refractivity contribution < 1.29 is 4.39 Å². The van der Waals surface area contributed by atoms with Crippen molar-refractivity contribution >= 4 is 6.08 Å². The second-order valence-electron chi connectivity index (χ2n) is 6.39. The van der Waals surface area contributed by atoms with Crippen molar-refractivity contribution in [3.8, 4) is 0 Å². The number of aryl methyl sites for hydroxylation is 1. The fourth-order valence-electron chi connectivity index (χ4n) is 2.44. The zero-order chi connectivity index (χ0) is 19.0. The fourth-order valence-corrected chi connectivity index (χ4v) is 2.44. The lowest BCUT2D eigenvalue weighted by atomic mass is 9.98. The van der Waals surface area contributed by atoms with E-state index in [0.717, 1.165) is 11.1 Å². The average Bonchev–Trinajstić information content (AvgIpc) is 2.60. The van der Waals surface area contributed by atoms with Crippen LogP contribution < -0.4 is 5.73 Å². The van der Waals surface area contributed by atoms with Gasteiger partial charge in [0.15, 0.2) is 0 Å². The predicted molar refractivity (Wildman–Crippen MR) is 109 cm³/mol. The Balaban J connectivity index is 3.29. The molecule has 0 saturated heterocycles. The topological polar surface area (TPSA) is 26.0 Å². The van der Waals surface area contributed by atoms with Crippen LogP contribution in [-0.4, -0.2) is 6.54 Å². The van der Waals surface area contributed by atoms with Gasteiger partial charge in [-0.25, -0.2) is 4.39 Å². The maximum Gasteiger partial charge on any atom is 0.133 e. The molecule has 0 unspecified atom stereocenters. The molecule has 1 nitrogen and oxygen atoms in total. The van der Waals surface area contributed by atoms with E-state index < -0.39 is 0 Å². The summed E-state index contributed by atoms with van der Waals surface area (Å²) in [5.41, 5.74) is 12.8. The number of nitrogens with two attached hydrogens (primary N) is 1. The molecule has 2 N–H and O–H groups in total. The summed E-state index contributed by atoms with van der Waals surface area (Å²) in [5, 5.41) is 0. The molecule has 0 atom stereocenters. The number of allylic oxidation sites excluding steroid dienone is 8. The molecule has 0 aromatic heterocycles. The maximum absolute atomic E-state index is 14.2. The predicted octanol–water partition coefficient (Wildman–Crippen LogP) is 6.28. The van der Waals surface area contributed by atoms with Crippen LogP contribution in [0.25, 0.3) is 6.08 Å².